The summed E-state index contributed by atoms with van der Waals surface area (Å²) in [6, 6.07) is 0. The number of amides is 2. The zero-order valence-corrected chi connectivity index (χ0v) is 11.4. The van der Waals surface area contributed by atoms with E-state index in [9.17, 15) is 19.2 Å². The largest absolute Gasteiger partial charge is 0.469 e. The monoisotopic (exact) mass is 272 g/mol. The zero-order chi connectivity index (χ0) is 15.1. The molecule has 0 aliphatic heterocycles. The van der Waals surface area contributed by atoms with E-state index < -0.39 is 23.2 Å². The molecule has 19 heavy (non-hydrogen) atoms. The number of esters is 1. The molecule has 0 atom stereocenters. The van der Waals surface area contributed by atoms with Gasteiger partial charge in [-0.2, -0.15) is 0 Å². The second-order valence-electron chi connectivity index (χ2n) is 4.80. The van der Waals surface area contributed by atoms with Crippen LogP contribution in [0.4, 0.5) is 0 Å². The van der Waals surface area contributed by atoms with E-state index in [0.29, 0.717) is 0 Å². The van der Waals surface area contributed by atoms with Crippen LogP contribution < -0.4 is 11.1 Å². The van der Waals surface area contributed by atoms with Gasteiger partial charge in [-0.3, -0.25) is 19.2 Å². The number of Topliss-reactive ketones (excluding diaryl/α,β-unsaturated/α-hetero) is 1. The van der Waals surface area contributed by atoms with Crippen LogP contribution in [0.5, 0.6) is 0 Å². The number of nitrogens with two attached hydrogens (primary N) is 1. The zero-order valence-electron chi connectivity index (χ0n) is 11.4. The van der Waals surface area contributed by atoms with Crippen LogP contribution in [0.25, 0.3) is 0 Å². The third kappa shape index (κ3) is 7.17. The summed E-state index contributed by atoms with van der Waals surface area (Å²) in [4.78, 5) is 44.8. The van der Waals surface area contributed by atoms with E-state index in [1.54, 1.807) is 13.8 Å². The summed E-state index contributed by atoms with van der Waals surface area (Å²) < 4.78 is 4.50. The fourth-order valence-electron chi connectivity index (χ4n) is 1.37. The van der Waals surface area contributed by atoms with Crippen molar-refractivity contribution in [3.05, 3.63) is 0 Å². The molecule has 0 spiro atoms. The summed E-state index contributed by atoms with van der Waals surface area (Å²) in [6.07, 6.45) is -0.0868. The van der Waals surface area contributed by atoms with Crippen molar-refractivity contribution < 1.29 is 23.9 Å². The van der Waals surface area contributed by atoms with Gasteiger partial charge in [0.25, 0.3) is 0 Å². The van der Waals surface area contributed by atoms with Crippen LogP contribution in [0, 0.1) is 5.41 Å². The summed E-state index contributed by atoms with van der Waals surface area (Å²) in [7, 11) is 1.25. The second kappa shape index (κ2) is 7.50. The molecule has 3 N–H and O–H groups in total. The maximum absolute atomic E-state index is 11.9. The summed E-state index contributed by atoms with van der Waals surface area (Å²) in [5.74, 6) is -1.77. The van der Waals surface area contributed by atoms with Crippen molar-refractivity contribution in [2.24, 2.45) is 11.1 Å². The van der Waals surface area contributed by atoms with Gasteiger partial charge in [-0.15, -0.1) is 0 Å². The molecule has 0 aliphatic carbocycles. The van der Waals surface area contributed by atoms with Gasteiger partial charge in [0.2, 0.25) is 11.8 Å². The Bertz CT molecular complexity index is 376. The normalized spacial score (nSPS) is 10.7. The lowest BCUT2D eigenvalue weighted by atomic mass is 9.82. The highest BCUT2D eigenvalue weighted by atomic mass is 16.5. The lowest BCUT2D eigenvalue weighted by Gasteiger charge is -2.21. The highest BCUT2D eigenvalue weighted by Gasteiger charge is 2.30. The maximum atomic E-state index is 11.9. The van der Waals surface area contributed by atoms with Crippen LogP contribution in [-0.4, -0.2) is 37.2 Å². The molecule has 0 radical (unpaired) electrons. The van der Waals surface area contributed by atoms with Gasteiger partial charge in [0.15, 0.2) is 0 Å². The van der Waals surface area contributed by atoms with Gasteiger partial charge in [0.05, 0.1) is 20.1 Å². The first-order chi connectivity index (χ1) is 8.69. The number of ether oxygens (including phenoxy) is 1. The number of primary amides is 1. The molecular weight excluding hydrogens is 252 g/mol. The van der Waals surface area contributed by atoms with E-state index in [1.165, 1.54) is 7.11 Å². The number of carbonyl (C=O) groups excluding carboxylic acids is 4. The first kappa shape index (κ1) is 17.1. The van der Waals surface area contributed by atoms with Gasteiger partial charge in [-0.05, 0) is 0 Å². The molecule has 0 heterocycles. The Balaban J connectivity index is 4.19. The van der Waals surface area contributed by atoms with Crippen molar-refractivity contribution in [2.45, 2.75) is 33.1 Å². The van der Waals surface area contributed by atoms with Gasteiger partial charge < -0.3 is 15.8 Å². The first-order valence-corrected chi connectivity index (χ1v) is 5.84. The molecule has 0 fully saturated rings. The quantitative estimate of drug-likeness (QED) is 0.579. The van der Waals surface area contributed by atoms with Gasteiger partial charge in [-0.25, -0.2) is 0 Å². The molecule has 0 saturated carbocycles. The lowest BCUT2D eigenvalue weighted by molar-refractivity contribution is -0.146. The van der Waals surface area contributed by atoms with E-state index in [4.69, 9.17) is 5.73 Å². The second-order valence-corrected chi connectivity index (χ2v) is 4.80. The number of nitrogens with one attached hydrogen (secondary N) is 1. The Morgan fingerprint density at radius 1 is 1.16 bits per heavy atom. The molecule has 0 aromatic rings. The number of rotatable bonds is 8. The molecule has 0 saturated heterocycles. The lowest BCUT2D eigenvalue weighted by Crippen LogP contribution is -2.34. The van der Waals surface area contributed by atoms with Crippen molar-refractivity contribution in [3.63, 3.8) is 0 Å². The minimum atomic E-state index is -0.878. The number of ketones is 1. The molecule has 0 aliphatic rings. The van der Waals surface area contributed by atoms with Crippen molar-refractivity contribution in [3.8, 4) is 0 Å². The molecule has 7 nitrogen and oxygen atoms in total. The standard InChI is InChI=1S/C12H20N2O5/c1-12(2,6-11(18)19-3)8(15)4-5-10(17)14-7-9(13)16/h4-7H2,1-3H3,(H2,13,16)(H,14,17). The van der Waals surface area contributed by atoms with Crippen LogP contribution >= 0.6 is 0 Å². The van der Waals surface area contributed by atoms with Gasteiger partial charge >= 0.3 is 5.97 Å². The van der Waals surface area contributed by atoms with E-state index in [-0.39, 0.29) is 31.6 Å². The van der Waals surface area contributed by atoms with Crippen molar-refractivity contribution >= 4 is 23.6 Å². The third-order valence-electron chi connectivity index (χ3n) is 2.61. The van der Waals surface area contributed by atoms with Gasteiger partial charge in [-0.1, -0.05) is 13.8 Å². The fourth-order valence-corrected chi connectivity index (χ4v) is 1.37. The van der Waals surface area contributed by atoms with Crippen LogP contribution in [0.3, 0.4) is 0 Å². The average molecular weight is 272 g/mol. The van der Waals surface area contributed by atoms with Gasteiger partial charge in [0, 0.05) is 18.3 Å². The van der Waals surface area contributed by atoms with E-state index in [2.05, 4.69) is 10.1 Å². The number of methoxy groups -OCH3 is 1. The van der Waals surface area contributed by atoms with Crippen LogP contribution in [0.15, 0.2) is 0 Å². The predicted molar refractivity (Wildman–Crippen MR) is 66.9 cm³/mol. The van der Waals surface area contributed by atoms with Crippen molar-refractivity contribution in [1.29, 1.82) is 0 Å². The van der Waals surface area contributed by atoms with Crippen LogP contribution in [0.1, 0.15) is 33.1 Å². The van der Waals surface area contributed by atoms with Crippen molar-refractivity contribution in [1.82, 2.24) is 5.32 Å². The third-order valence-corrected chi connectivity index (χ3v) is 2.61. The molecule has 0 unspecified atom stereocenters. The summed E-state index contributed by atoms with van der Waals surface area (Å²) in [5.41, 5.74) is 3.99. The summed E-state index contributed by atoms with van der Waals surface area (Å²) in [6.45, 7) is 2.99. The van der Waals surface area contributed by atoms with E-state index in [0.717, 1.165) is 0 Å². The maximum Gasteiger partial charge on any atom is 0.306 e. The van der Waals surface area contributed by atoms with Crippen LogP contribution in [0.2, 0.25) is 0 Å². The highest BCUT2D eigenvalue weighted by Crippen LogP contribution is 2.24. The molecule has 0 aromatic heterocycles. The summed E-state index contributed by atoms with van der Waals surface area (Å²) in [5, 5.41) is 2.28. The fraction of sp³-hybridized carbons (Fsp3) is 0.667. The smallest absolute Gasteiger partial charge is 0.306 e. The minimum Gasteiger partial charge on any atom is -0.469 e. The molecule has 108 valence electrons. The Kier molecular flexibility index (Phi) is 6.74. The molecule has 0 bridgehead atoms. The Morgan fingerprint density at radius 2 is 1.74 bits per heavy atom. The number of hydrogen-bond donors (Lipinski definition) is 2. The Morgan fingerprint density at radius 3 is 2.21 bits per heavy atom. The minimum absolute atomic E-state index is 0.00537. The predicted octanol–water partition coefficient (Wildman–Crippen LogP) is -0.473. The summed E-state index contributed by atoms with van der Waals surface area (Å²) >= 11 is 0. The number of carbonyl (C=O) groups is 4. The molecule has 2 amide bonds. The first-order valence-electron chi connectivity index (χ1n) is 5.84. The Hall–Kier alpha value is -1.92. The highest BCUT2D eigenvalue weighted by molar-refractivity contribution is 5.91. The van der Waals surface area contributed by atoms with E-state index >= 15 is 0 Å². The molecule has 0 rings (SSSR count). The average Bonchev–Trinajstić information content (AvgIpc) is 2.32. The van der Waals surface area contributed by atoms with E-state index in [1.807, 2.05) is 0 Å². The topological polar surface area (TPSA) is 116 Å². The Labute approximate surface area is 111 Å². The molecule has 7 heteroatoms. The SMILES string of the molecule is COC(=O)CC(C)(C)C(=O)CCC(=O)NCC(N)=O. The number of hydrogen-bond acceptors (Lipinski definition) is 5. The molecule has 0 aromatic carbocycles. The molecular formula is C12H20N2O5. The van der Waals surface area contributed by atoms with Crippen molar-refractivity contribution in [2.75, 3.05) is 13.7 Å². The van der Waals surface area contributed by atoms with Gasteiger partial charge in [0.1, 0.15) is 5.78 Å². The van der Waals surface area contributed by atoms with Crippen LogP contribution in [-0.2, 0) is 23.9 Å².